The predicted octanol–water partition coefficient (Wildman–Crippen LogP) is 4.28. The predicted molar refractivity (Wildman–Crippen MR) is 118 cm³/mol. The van der Waals surface area contributed by atoms with E-state index < -0.39 is 5.97 Å². The molecule has 3 rings (SSSR count). The number of carbonyl (C=O) groups is 1. The summed E-state index contributed by atoms with van der Waals surface area (Å²) in [5.41, 5.74) is 2.36. The fraction of sp³-hybridized carbons (Fsp3) is 0.182. The van der Waals surface area contributed by atoms with Crippen LogP contribution < -0.4 is 14.8 Å². The number of carbonyl (C=O) groups excluding carboxylic acids is 1. The molecule has 158 valence electrons. The zero-order valence-corrected chi connectivity index (χ0v) is 18.2. The molecule has 0 aliphatic carbocycles. The summed E-state index contributed by atoms with van der Waals surface area (Å²) in [6, 6.07) is 14.3. The molecule has 0 atom stereocenters. The third kappa shape index (κ3) is 4.70. The maximum Gasteiger partial charge on any atom is 0.337 e. The molecule has 0 fully saturated rings. The van der Waals surface area contributed by atoms with Crippen LogP contribution in [0.15, 0.2) is 47.6 Å². The molecule has 1 aromatic heterocycles. The number of nitrogens with zero attached hydrogens (tertiary/aromatic N) is 3. The molecule has 0 unspecified atom stereocenters. The maximum absolute atomic E-state index is 11.8. The highest BCUT2D eigenvalue weighted by molar-refractivity contribution is 7.98. The zero-order valence-electron chi connectivity index (χ0n) is 17.4. The molecule has 0 saturated heterocycles. The average molecular weight is 436 g/mol. The van der Waals surface area contributed by atoms with Crippen LogP contribution in [0.1, 0.15) is 15.9 Å². The highest BCUT2D eigenvalue weighted by Gasteiger charge is 2.18. The summed E-state index contributed by atoms with van der Waals surface area (Å²) < 4.78 is 15.4. The van der Waals surface area contributed by atoms with Crippen molar-refractivity contribution >= 4 is 29.2 Å². The van der Waals surface area contributed by atoms with Crippen molar-refractivity contribution < 1.29 is 19.0 Å². The van der Waals surface area contributed by atoms with Crippen LogP contribution in [0.4, 0.5) is 11.5 Å². The molecule has 2 aromatic carbocycles. The largest absolute Gasteiger partial charge is 0.493 e. The van der Waals surface area contributed by atoms with Gasteiger partial charge < -0.3 is 19.5 Å². The fourth-order valence-electron chi connectivity index (χ4n) is 2.90. The van der Waals surface area contributed by atoms with E-state index in [1.807, 2.05) is 6.26 Å². The summed E-state index contributed by atoms with van der Waals surface area (Å²) >= 11 is 1.35. The van der Waals surface area contributed by atoms with Crippen LogP contribution >= 0.6 is 11.8 Å². The lowest BCUT2D eigenvalue weighted by molar-refractivity contribution is 0.0601. The molecule has 0 aliphatic rings. The van der Waals surface area contributed by atoms with Crippen molar-refractivity contribution in [1.29, 1.82) is 5.26 Å². The first-order valence-electron chi connectivity index (χ1n) is 9.08. The highest BCUT2D eigenvalue weighted by atomic mass is 32.2. The van der Waals surface area contributed by atoms with E-state index in [1.165, 1.54) is 18.9 Å². The molecule has 0 spiro atoms. The van der Waals surface area contributed by atoms with Gasteiger partial charge in [-0.2, -0.15) is 5.26 Å². The summed E-state index contributed by atoms with van der Waals surface area (Å²) in [5, 5.41) is 13.5. The summed E-state index contributed by atoms with van der Waals surface area (Å²) in [4.78, 5) is 20.8. The van der Waals surface area contributed by atoms with Gasteiger partial charge in [-0.1, -0.05) is 17.8 Å². The second-order valence-electron chi connectivity index (χ2n) is 6.16. The monoisotopic (exact) mass is 436 g/mol. The maximum atomic E-state index is 11.8. The first-order valence-corrected chi connectivity index (χ1v) is 10.3. The van der Waals surface area contributed by atoms with Gasteiger partial charge in [0.1, 0.15) is 11.6 Å². The van der Waals surface area contributed by atoms with E-state index in [0.717, 1.165) is 0 Å². The van der Waals surface area contributed by atoms with Crippen molar-refractivity contribution in [2.45, 2.75) is 5.16 Å². The van der Waals surface area contributed by atoms with Gasteiger partial charge in [0, 0.05) is 11.3 Å². The normalized spacial score (nSPS) is 10.2. The van der Waals surface area contributed by atoms with Crippen molar-refractivity contribution in [3.05, 3.63) is 53.6 Å². The molecule has 8 nitrogen and oxygen atoms in total. The Morgan fingerprint density at radius 3 is 2.48 bits per heavy atom. The van der Waals surface area contributed by atoms with Gasteiger partial charge in [0.15, 0.2) is 22.5 Å². The number of hydrogen-bond acceptors (Lipinski definition) is 9. The van der Waals surface area contributed by atoms with E-state index in [0.29, 0.717) is 45.0 Å². The third-order valence-corrected chi connectivity index (χ3v) is 4.93. The van der Waals surface area contributed by atoms with Gasteiger partial charge in [-0.3, -0.25) is 0 Å². The van der Waals surface area contributed by atoms with Crippen LogP contribution in [-0.4, -0.2) is 43.5 Å². The number of aromatic nitrogens is 2. The van der Waals surface area contributed by atoms with E-state index in [4.69, 9.17) is 14.2 Å². The Labute approximate surface area is 184 Å². The van der Waals surface area contributed by atoms with Crippen LogP contribution in [0, 0.1) is 11.3 Å². The number of thioether (sulfide) groups is 1. The number of hydrogen-bond donors (Lipinski definition) is 1. The van der Waals surface area contributed by atoms with Crippen LogP contribution in [0.25, 0.3) is 11.3 Å². The molecule has 9 heteroatoms. The van der Waals surface area contributed by atoms with E-state index in [9.17, 15) is 10.1 Å². The van der Waals surface area contributed by atoms with Crippen LogP contribution in [0.3, 0.4) is 0 Å². The van der Waals surface area contributed by atoms with E-state index in [-0.39, 0.29) is 5.56 Å². The molecule has 1 N–H and O–H groups in total. The lowest BCUT2D eigenvalue weighted by Gasteiger charge is -2.14. The Bertz CT molecular complexity index is 1160. The van der Waals surface area contributed by atoms with Crippen molar-refractivity contribution in [2.24, 2.45) is 0 Å². The lowest BCUT2D eigenvalue weighted by Crippen LogP contribution is -2.05. The van der Waals surface area contributed by atoms with Crippen LogP contribution in [0.2, 0.25) is 0 Å². The molecule has 0 amide bonds. The standard InChI is InChI=1S/C22H20N4O4S/c1-28-17-9-8-13(11-18(17)29-2)19-16(12-23)20(26-22(25-19)31-4)24-15-7-5-6-14(10-15)21(27)30-3/h5-11H,1-4H3,(H,24,25,26). The Balaban J connectivity index is 2.11. The highest BCUT2D eigenvalue weighted by Crippen LogP contribution is 2.35. The topological polar surface area (TPSA) is 106 Å². The molecular weight excluding hydrogens is 416 g/mol. The number of esters is 1. The number of rotatable bonds is 7. The lowest BCUT2D eigenvalue weighted by atomic mass is 10.1. The van der Waals surface area contributed by atoms with Gasteiger partial charge in [0.2, 0.25) is 0 Å². The first-order chi connectivity index (χ1) is 15.0. The smallest absolute Gasteiger partial charge is 0.337 e. The van der Waals surface area contributed by atoms with Crippen LogP contribution in [-0.2, 0) is 4.74 Å². The van der Waals surface area contributed by atoms with Gasteiger partial charge >= 0.3 is 5.97 Å². The molecule has 0 saturated carbocycles. The molecule has 1 heterocycles. The minimum absolute atomic E-state index is 0.258. The first kappa shape index (κ1) is 21.9. The zero-order chi connectivity index (χ0) is 22.4. The molecule has 0 radical (unpaired) electrons. The van der Waals surface area contributed by atoms with E-state index in [1.54, 1.807) is 56.7 Å². The average Bonchev–Trinajstić information content (AvgIpc) is 2.82. The van der Waals surface area contributed by atoms with Gasteiger partial charge in [-0.25, -0.2) is 14.8 Å². The van der Waals surface area contributed by atoms with Crippen molar-refractivity contribution in [3.63, 3.8) is 0 Å². The van der Waals surface area contributed by atoms with Crippen LogP contribution in [0.5, 0.6) is 11.5 Å². The number of methoxy groups -OCH3 is 3. The Hall–Kier alpha value is -3.77. The number of nitrogens with one attached hydrogen (secondary N) is 1. The number of ether oxygens (including phenoxy) is 3. The SMILES string of the molecule is COC(=O)c1cccc(Nc2nc(SC)nc(-c3ccc(OC)c(OC)c3)c2C#N)c1. The molecule has 3 aromatic rings. The van der Waals surface area contributed by atoms with Crippen molar-refractivity contribution in [3.8, 4) is 28.8 Å². The fourth-order valence-corrected chi connectivity index (χ4v) is 3.26. The number of nitriles is 1. The van der Waals surface area contributed by atoms with Gasteiger partial charge in [0.05, 0.1) is 32.6 Å². The third-order valence-electron chi connectivity index (χ3n) is 4.39. The Morgan fingerprint density at radius 2 is 1.84 bits per heavy atom. The summed E-state index contributed by atoms with van der Waals surface area (Å²) in [7, 11) is 4.42. The molecule has 0 bridgehead atoms. The minimum atomic E-state index is -0.456. The van der Waals surface area contributed by atoms with E-state index >= 15 is 0 Å². The van der Waals surface area contributed by atoms with Gasteiger partial charge in [-0.05, 0) is 42.7 Å². The van der Waals surface area contributed by atoms with Crippen molar-refractivity contribution in [2.75, 3.05) is 32.9 Å². The van der Waals surface area contributed by atoms with Crippen molar-refractivity contribution in [1.82, 2.24) is 9.97 Å². The molecular formula is C22H20N4O4S. The van der Waals surface area contributed by atoms with E-state index in [2.05, 4.69) is 21.4 Å². The Kier molecular flexibility index (Phi) is 6.95. The number of benzene rings is 2. The minimum Gasteiger partial charge on any atom is -0.493 e. The quantitative estimate of drug-likeness (QED) is 0.330. The van der Waals surface area contributed by atoms with Gasteiger partial charge in [-0.15, -0.1) is 0 Å². The Morgan fingerprint density at radius 1 is 1.06 bits per heavy atom. The van der Waals surface area contributed by atoms with Gasteiger partial charge in [0.25, 0.3) is 0 Å². The summed E-state index contributed by atoms with van der Waals surface area (Å²) in [6.07, 6.45) is 1.85. The second kappa shape index (κ2) is 9.82. The number of anilines is 2. The molecule has 31 heavy (non-hydrogen) atoms. The summed E-state index contributed by atoms with van der Waals surface area (Å²) in [5.74, 6) is 0.965. The summed E-state index contributed by atoms with van der Waals surface area (Å²) in [6.45, 7) is 0. The second-order valence-corrected chi connectivity index (χ2v) is 6.93. The molecule has 0 aliphatic heterocycles.